The molecule has 1 heterocycles. The molecule has 58 valence electrons. The molecular weight excluding hydrogens is 128 g/mol. The number of ether oxygens (including phenoxy) is 1. The first-order valence-corrected chi connectivity index (χ1v) is 3.95. The molecule has 2 heteroatoms. The fraction of sp³-hybridized carbons (Fsp3) is 0.875. The molecule has 0 unspecified atom stereocenters. The molecule has 1 saturated heterocycles. The van der Waals surface area contributed by atoms with E-state index >= 15 is 0 Å². The Kier molecular flexibility index (Phi) is 3.44. The third-order valence-electron chi connectivity index (χ3n) is 2.03. The highest BCUT2D eigenvalue weighted by Crippen LogP contribution is 2.18. The van der Waals surface area contributed by atoms with E-state index in [1.54, 1.807) is 0 Å². The van der Waals surface area contributed by atoms with Crippen LogP contribution >= 0.6 is 0 Å². The van der Waals surface area contributed by atoms with Gasteiger partial charge in [0, 0.05) is 19.6 Å². The predicted molar refractivity (Wildman–Crippen MR) is 38.8 cm³/mol. The Morgan fingerprint density at radius 2 is 2.10 bits per heavy atom. The molecule has 0 atom stereocenters. The minimum Gasteiger partial charge on any atom is -0.381 e. The van der Waals surface area contributed by atoms with Gasteiger partial charge in [0.2, 0.25) is 0 Å². The van der Waals surface area contributed by atoms with Gasteiger partial charge in [-0.2, -0.15) is 0 Å². The molecule has 0 N–H and O–H groups in total. The van der Waals surface area contributed by atoms with Crippen molar-refractivity contribution in [3.63, 3.8) is 0 Å². The maximum absolute atomic E-state index is 10.0. The second-order valence-electron chi connectivity index (χ2n) is 2.80. The Morgan fingerprint density at radius 3 is 2.70 bits per heavy atom. The van der Waals surface area contributed by atoms with Crippen LogP contribution in [0, 0.1) is 5.92 Å². The first kappa shape index (κ1) is 7.73. The molecule has 1 fully saturated rings. The van der Waals surface area contributed by atoms with E-state index in [1.165, 1.54) is 0 Å². The summed E-state index contributed by atoms with van der Waals surface area (Å²) in [6.45, 7) is 1.78. The molecular formula is C8H14O2. The van der Waals surface area contributed by atoms with Gasteiger partial charge in [0.15, 0.2) is 0 Å². The van der Waals surface area contributed by atoms with Crippen LogP contribution in [0.2, 0.25) is 0 Å². The predicted octanol–water partition coefficient (Wildman–Crippen LogP) is 1.39. The molecule has 0 aromatic carbocycles. The van der Waals surface area contributed by atoms with Crippen molar-refractivity contribution in [1.29, 1.82) is 0 Å². The van der Waals surface area contributed by atoms with Crippen LogP contribution in [0.3, 0.4) is 0 Å². The summed E-state index contributed by atoms with van der Waals surface area (Å²) in [5.41, 5.74) is 0. The summed E-state index contributed by atoms with van der Waals surface area (Å²) < 4.78 is 5.19. The second kappa shape index (κ2) is 4.45. The highest BCUT2D eigenvalue weighted by Gasteiger charge is 2.12. The molecule has 2 nitrogen and oxygen atoms in total. The number of carbonyl (C=O) groups excluding carboxylic acids is 1. The highest BCUT2D eigenvalue weighted by molar-refractivity contribution is 5.49. The molecule has 0 radical (unpaired) electrons. The van der Waals surface area contributed by atoms with E-state index in [2.05, 4.69) is 0 Å². The van der Waals surface area contributed by atoms with Gasteiger partial charge in [0.05, 0.1) is 0 Å². The van der Waals surface area contributed by atoms with Crippen LogP contribution in [0.25, 0.3) is 0 Å². The largest absolute Gasteiger partial charge is 0.381 e. The summed E-state index contributed by atoms with van der Waals surface area (Å²) in [6, 6.07) is 0. The van der Waals surface area contributed by atoms with Crippen molar-refractivity contribution in [3.05, 3.63) is 0 Å². The maximum Gasteiger partial charge on any atom is 0.120 e. The van der Waals surface area contributed by atoms with Crippen LogP contribution in [0.15, 0.2) is 0 Å². The molecule has 1 aliphatic rings. The summed E-state index contributed by atoms with van der Waals surface area (Å²) in [4.78, 5) is 10.0. The van der Waals surface area contributed by atoms with E-state index in [-0.39, 0.29) is 0 Å². The molecule has 0 spiro atoms. The zero-order chi connectivity index (χ0) is 7.23. The van der Waals surface area contributed by atoms with E-state index in [0.29, 0.717) is 0 Å². The molecule has 10 heavy (non-hydrogen) atoms. The van der Waals surface area contributed by atoms with Crippen molar-refractivity contribution in [3.8, 4) is 0 Å². The van der Waals surface area contributed by atoms with Gasteiger partial charge in [0.1, 0.15) is 6.29 Å². The van der Waals surface area contributed by atoms with Crippen molar-refractivity contribution in [2.75, 3.05) is 13.2 Å². The number of hydrogen-bond donors (Lipinski definition) is 0. The summed E-state index contributed by atoms with van der Waals surface area (Å²) >= 11 is 0. The Labute approximate surface area is 61.6 Å². The lowest BCUT2D eigenvalue weighted by atomic mass is 9.95. The number of rotatable bonds is 3. The molecule has 0 aliphatic carbocycles. The van der Waals surface area contributed by atoms with Gasteiger partial charge in [-0.25, -0.2) is 0 Å². The Hall–Kier alpha value is -0.370. The van der Waals surface area contributed by atoms with Crippen molar-refractivity contribution in [2.24, 2.45) is 5.92 Å². The third-order valence-corrected chi connectivity index (χ3v) is 2.03. The fourth-order valence-corrected chi connectivity index (χ4v) is 1.34. The van der Waals surface area contributed by atoms with Gasteiger partial charge in [-0.3, -0.25) is 0 Å². The Balaban J connectivity index is 2.07. The van der Waals surface area contributed by atoms with Crippen LogP contribution in [-0.2, 0) is 9.53 Å². The van der Waals surface area contributed by atoms with Gasteiger partial charge < -0.3 is 9.53 Å². The number of carbonyl (C=O) groups is 1. The quantitative estimate of drug-likeness (QED) is 0.557. The van der Waals surface area contributed by atoms with Crippen molar-refractivity contribution in [1.82, 2.24) is 0 Å². The van der Waals surface area contributed by atoms with E-state index in [9.17, 15) is 4.79 Å². The fourth-order valence-electron chi connectivity index (χ4n) is 1.34. The highest BCUT2D eigenvalue weighted by atomic mass is 16.5. The number of hydrogen-bond acceptors (Lipinski definition) is 2. The van der Waals surface area contributed by atoms with Gasteiger partial charge in [-0.05, 0) is 25.2 Å². The minimum absolute atomic E-state index is 0.727. The topological polar surface area (TPSA) is 26.3 Å². The average molecular weight is 142 g/mol. The van der Waals surface area contributed by atoms with Gasteiger partial charge in [-0.15, -0.1) is 0 Å². The molecule has 1 rings (SSSR count). The summed E-state index contributed by atoms with van der Waals surface area (Å²) in [5.74, 6) is 0.749. The van der Waals surface area contributed by atoms with Gasteiger partial charge in [-0.1, -0.05) is 0 Å². The second-order valence-corrected chi connectivity index (χ2v) is 2.80. The van der Waals surface area contributed by atoms with Crippen LogP contribution < -0.4 is 0 Å². The molecule has 0 amide bonds. The maximum atomic E-state index is 10.0. The number of aldehydes is 1. The molecule has 0 aromatic rings. The van der Waals surface area contributed by atoms with Crippen LogP contribution in [0.1, 0.15) is 25.7 Å². The lowest BCUT2D eigenvalue weighted by molar-refractivity contribution is -0.108. The first-order valence-electron chi connectivity index (χ1n) is 3.95. The summed E-state index contributed by atoms with van der Waals surface area (Å²) in [7, 11) is 0. The Bertz CT molecular complexity index is 95.4. The van der Waals surface area contributed by atoms with E-state index < -0.39 is 0 Å². The van der Waals surface area contributed by atoms with Crippen molar-refractivity contribution < 1.29 is 9.53 Å². The Morgan fingerprint density at radius 1 is 1.40 bits per heavy atom. The molecule has 0 aromatic heterocycles. The van der Waals surface area contributed by atoms with E-state index in [0.717, 1.165) is 51.1 Å². The smallest absolute Gasteiger partial charge is 0.120 e. The van der Waals surface area contributed by atoms with Crippen molar-refractivity contribution >= 4 is 6.29 Å². The first-order chi connectivity index (χ1) is 4.93. The molecule has 1 aliphatic heterocycles. The van der Waals surface area contributed by atoms with Crippen LogP contribution in [0.5, 0.6) is 0 Å². The average Bonchev–Trinajstić information content (AvgIpc) is 2.03. The van der Waals surface area contributed by atoms with Crippen molar-refractivity contribution in [2.45, 2.75) is 25.7 Å². The lowest BCUT2D eigenvalue weighted by Crippen LogP contribution is -2.15. The minimum atomic E-state index is 0.727. The normalized spacial score (nSPS) is 20.8. The van der Waals surface area contributed by atoms with Gasteiger partial charge in [0.25, 0.3) is 0 Å². The summed E-state index contributed by atoms with van der Waals surface area (Å²) in [5, 5.41) is 0. The third kappa shape index (κ3) is 2.48. The monoisotopic (exact) mass is 142 g/mol. The zero-order valence-corrected chi connectivity index (χ0v) is 6.21. The standard InChI is InChI=1S/C8H14O2/c9-5-1-2-8-3-6-10-7-4-8/h5,8H,1-4,6-7H2. The lowest BCUT2D eigenvalue weighted by Gasteiger charge is -2.20. The molecule has 0 saturated carbocycles. The van der Waals surface area contributed by atoms with E-state index in [4.69, 9.17) is 4.74 Å². The summed E-state index contributed by atoms with van der Waals surface area (Å²) in [6.07, 6.45) is 5.09. The van der Waals surface area contributed by atoms with Crippen LogP contribution in [0.4, 0.5) is 0 Å². The molecule has 0 bridgehead atoms. The van der Waals surface area contributed by atoms with Crippen LogP contribution in [-0.4, -0.2) is 19.5 Å². The van der Waals surface area contributed by atoms with Gasteiger partial charge >= 0.3 is 0 Å². The van der Waals surface area contributed by atoms with E-state index in [1.807, 2.05) is 0 Å². The SMILES string of the molecule is O=CCCC1CCOCC1. The zero-order valence-electron chi connectivity index (χ0n) is 6.21.